The number of aliphatic hydroxyl groups is 3. The van der Waals surface area contributed by atoms with Gasteiger partial charge in [0.15, 0.2) is 0 Å². The average Bonchev–Trinajstić information content (AvgIpc) is 2.92. The summed E-state index contributed by atoms with van der Waals surface area (Å²) in [4.78, 5) is 22.2. The monoisotopic (exact) mass is 534 g/mol. The van der Waals surface area contributed by atoms with Gasteiger partial charge in [0.1, 0.15) is 11.5 Å². The van der Waals surface area contributed by atoms with E-state index in [0.29, 0.717) is 42.9 Å². The molecule has 8 nitrogen and oxygen atoms in total. The quantitative estimate of drug-likeness (QED) is 0.262. The highest BCUT2D eigenvalue weighted by Gasteiger charge is 2.27. The van der Waals surface area contributed by atoms with Crippen molar-refractivity contribution in [3.8, 4) is 0 Å². The van der Waals surface area contributed by atoms with E-state index < -0.39 is 0 Å². The smallest absolute Gasteiger partial charge is 0.211 e. The molecule has 0 aliphatic heterocycles. The Kier molecular flexibility index (Phi) is 10.7. The van der Waals surface area contributed by atoms with Crippen LogP contribution in [-0.2, 0) is 4.79 Å². The number of nitrogens with zero attached hydrogens (tertiary/aromatic N) is 3. The number of hydrogen-bond acceptors (Lipinski definition) is 8. The van der Waals surface area contributed by atoms with Crippen LogP contribution in [0.25, 0.3) is 0 Å². The van der Waals surface area contributed by atoms with Crippen LogP contribution < -0.4 is 15.1 Å². The summed E-state index contributed by atoms with van der Waals surface area (Å²) in [5, 5.41) is 33.1. The number of carbonyl (C=O) groups excluding carboxylic acids is 1. The first kappa shape index (κ1) is 29.9. The predicted molar refractivity (Wildman–Crippen MR) is 161 cm³/mol. The van der Waals surface area contributed by atoms with E-state index in [4.69, 9.17) is 4.99 Å². The topological polar surface area (TPSA) is 109 Å². The number of aliphatic hydroxyl groups excluding tert-OH is 3. The second-order valence-corrected chi connectivity index (χ2v) is 9.66. The third-order valence-electron chi connectivity index (χ3n) is 6.96. The van der Waals surface area contributed by atoms with Crippen LogP contribution in [0.5, 0.6) is 0 Å². The van der Waals surface area contributed by atoms with Gasteiger partial charge in [-0.3, -0.25) is 4.79 Å². The lowest BCUT2D eigenvalue weighted by Crippen LogP contribution is -2.26. The number of anilines is 3. The number of hydrogen-bond donors (Lipinski definition) is 4. The standard InChI is InChI=1S/C31H42N4O4/c1-6-9-25-30(38)28(32-26-12-10-23(18-21(26)4)34(7-2)14-16-36)20-29(31(25)39)33-27-13-11-24(19-22(27)5)35(8-3)15-17-37/h10-13,18-20,32,36-38H,6-9,14-17H2,1-5H3. The van der Waals surface area contributed by atoms with Crippen molar-refractivity contribution in [1.29, 1.82) is 0 Å². The zero-order valence-corrected chi connectivity index (χ0v) is 23.8. The van der Waals surface area contributed by atoms with Crippen LogP contribution in [0, 0.1) is 13.8 Å². The molecule has 0 bridgehead atoms. The molecule has 0 heterocycles. The van der Waals surface area contributed by atoms with Crippen molar-refractivity contribution in [2.75, 3.05) is 54.5 Å². The number of ketones is 1. The summed E-state index contributed by atoms with van der Waals surface area (Å²) >= 11 is 0. The Balaban J connectivity index is 1.98. The molecule has 0 unspecified atom stereocenters. The fourth-order valence-electron chi connectivity index (χ4n) is 4.76. The molecular formula is C31H42N4O4. The number of aliphatic imine (C=N–C) groups is 1. The number of aryl methyl sites for hydroxylation is 2. The van der Waals surface area contributed by atoms with Gasteiger partial charge < -0.3 is 30.4 Å². The zero-order chi connectivity index (χ0) is 28.5. The van der Waals surface area contributed by atoms with Gasteiger partial charge in [-0.1, -0.05) is 13.3 Å². The highest BCUT2D eigenvalue weighted by Crippen LogP contribution is 2.31. The molecule has 4 N–H and O–H groups in total. The minimum absolute atomic E-state index is 0.0468. The number of Topliss-reactive ketones (excluding diaryl/α,β-unsaturated/α-hetero) is 1. The van der Waals surface area contributed by atoms with Gasteiger partial charge in [0.05, 0.1) is 24.6 Å². The Hall–Kier alpha value is -3.62. The fraction of sp³-hybridized carbons (Fsp3) is 0.419. The number of likely N-dealkylation sites (N-methyl/N-ethyl adjacent to an activating group) is 2. The number of carbonyl (C=O) groups is 1. The van der Waals surface area contributed by atoms with Gasteiger partial charge in [0, 0.05) is 48.8 Å². The summed E-state index contributed by atoms with van der Waals surface area (Å²) in [5.74, 6) is -0.317. The second-order valence-electron chi connectivity index (χ2n) is 9.66. The highest BCUT2D eigenvalue weighted by molar-refractivity contribution is 6.51. The van der Waals surface area contributed by atoms with Crippen molar-refractivity contribution in [2.24, 2.45) is 4.99 Å². The molecule has 0 fully saturated rings. The minimum atomic E-state index is -0.270. The van der Waals surface area contributed by atoms with Crippen molar-refractivity contribution in [3.05, 3.63) is 70.6 Å². The molecule has 8 heteroatoms. The molecule has 0 amide bonds. The van der Waals surface area contributed by atoms with E-state index in [-0.39, 0.29) is 30.5 Å². The van der Waals surface area contributed by atoms with Crippen LogP contribution >= 0.6 is 0 Å². The average molecular weight is 535 g/mol. The molecule has 1 aliphatic rings. The van der Waals surface area contributed by atoms with E-state index in [9.17, 15) is 20.1 Å². The molecule has 0 radical (unpaired) electrons. The maximum atomic E-state index is 13.3. The molecule has 1 aliphatic carbocycles. The van der Waals surface area contributed by atoms with Crippen LogP contribution in [0.4, 0.5) is 22.7 Å². The number of rotatable bonds is 13. The second kappa shape index (κ2) is 14.0. The molecule has 0 aromatic heterocycles. The molecule has 0 saturated carbocycles. The van der Waals surface area contributed by atoms with Gasteiger partial charge in [-0.05, 0) is 87.7 Å². The summed E-state index contributed by atoms with van der Waals surface area (Å²) in [6.45, 7) is 12.8. The Morgan fingerprint density at radius 1 is 0.872 bits per heavy atom. The fourth-order valence-corrected chi connectivity index (χ4v) is 4.76. The van der Waals surface area contributed by atoms with Crippen molar-refractivity contribution < 1.29 is 20.1 Å². The lowest BCUT2D eigenvalue weighted by atomic mass is 9.94. The number of nitrogens with one attached hydrogen (secondary N) is 1. The first-order chi connectivity index (χ1) is 18.8. The van der Waals surface area contributed by atoms with E-state index in [1.54, 1.807) is 6.08 Å². The van der Waals surface area contributed by atoms with Crippen LogP contribution in [-0.4, -0.2) is 66.2 Å². The summed E-state index contributed by atoms with van der Waals surface area (Å²) < 4.78 is 0. The van der Waals surface area contributed by atoms with Crippen LogP contribution in [0.1, 0.15) is 44.7 Å². The van der Waals surface area contributed by atoms with E-state index in [2.05, 4.69) is 15.1 Å². The minimum Gasteiger partial charge on any atom is -0.505 e. The normalized spacial score (nSPS) is 14.6. The van der Waals surface area contributed by atoms with Gasteiger partial charge in [-0.15, -0.1) is 0 Å². The van der Waals surface area contributed by atoms with Gasteiger partial charge in [0.2, 0.25) is 5.78 Å². The SMILES string of the molecule is CCCC1=C(O)C(Nc2ccc(N(CC)CCO)cc2C)=CC(=Nc2ccc(N(CC)CCO)cc2C)C1=O. The van der Waals surface area contributed by atoms with Gasteiger partial charge in [-0.25, -0.2) is 4.99 Å². The lowest BCUT2D eigenvalue weighted by molar-refractivity contribution is -0.110. The largest absolute Gasteiger partial charge is 0.505 e. The first-order valence-corrected chi connectivity index (χ1v) is 13.7. The Morgan fingerprint density at radius 2 is 1.46 bits per heavy atom. The van der Waals surface area contributed by atoms with Gasteiger partial charge in [0.25, 0.3) is 0 Å². The van der Waals surface area contributed by atoms with E-state index in [1.807, 2.05) is 71.0 Å². The van der Waals surface area contributed by atoms with E-state index >= 15 is 0 Å². The Labute approximate surface area is 232 Å². The predicted octanol–water partition coefficient (Wildman–Crippen LogP) is 5.20. The molecule has 2 aromatic carbocycles. The summed E-state index contributed by atoms with van der Waals surface area (Å²) in [6.07, 6.45) is 2.77. The third-order valence-corrected chi connectivity index (χ3v) is 6.96. The van der Waals surface area contributed by atoms with Crippen molar-refractivity contribution in [2.45, 2.75) is 47.5 Å². The molecule has 0 spiro atoms. The summed E-state index contributed by atoms with van der Waals surface area (Å²) in [7, 11) is 0. The molecule has 210 valence electrons. The van der Waals surface area contributed by atoms with E-state index in [1.165, 1.54) is 0 Å². The number of benzene rings is 2. The maximum Gasteiger partial charge on any atom is 0.211 e. The molecule has 0 saturated heterocycles. The molecular weight excluding hydrogens is 492 g/mol. The highest BCUT2D eigenvalue weighted by atomic mass is 16.3. The van der Waals surface area contributed by atoms with Crippen molar-refractivity contribution in [3.63, 3.8) is 0 Å². The van der Waals surface area contributed by atoms with Gasteiger partial charge in [-0.2, -0.15) is 0 Å². The summed E-state index contributed by atoms with van der Waals surface area (Å²) in [6, 6.07) is 11.8. The molecule has 0 atom stereocenters. The van der Waals surface area contributed by atoms with Crippen molar-refractivity contribution in [1.82, 2.24) is 0 Å². The van der Waals surface area contributed by atoms with Gasteiger partial charge >= 0.3 is 0 Å². The third kappa shape index (κ3) is 7.07. The van der Waals surface area contributed by atoms with E-state index in [0.717, 1.165) is 41.3 Å². The maximum absolute atomic E-state index is 13.3. The Morgan fingerprint density at radius 3 is 1.97 bits per heavy atom. The zero-order valence-electron chi connectivity index (χ0n) is 23.8. The first-order valence-electron chi connectivity index (χ1n) is 13.7. The van der Waals surface area contributed by atoms with Crippen molar-refractivity contribution >= 4 is 34.2 Å². The van der Waals surface area contributed by atoms with Crippen LogP contribution in [0.2, 0.25) is 0 Å². The molecule has 2 aromatic rings. The molecule has 3 rings (SSSR count). The molecule has 39 heavy (non-hydrogen) atoms. The number of allylic oxidation sites excluding steroid dienone is 2. The Bertz CT molecular complexity index is 1270. The summed E-state index contributed by atoms with van der Waals surface area (Å²) in [5.41, 5.74) is 6.43. The van der Waals surface area contributed by atoms with Crippen LogP contribution in [0.15, 0.2) is 64.5 Å². The lowest BCUT2D eigenvalue weighted by Gasteiger charge is -2.24. The van der Waals surface area contributed by atoms with Crippen LogP contribution in [0.3, 0.4) is 0 Å².